The van der Waals surface area contributed by atoms with Crippen LogP contribution in [0.4, 0.5) is 0 Å². The normalized spacial score (nSPS) is 17.6. The number of hydrogen-bond donors (Lipinski definition) is 1. The van der Waals surface area contributed by atoms with Crippen molar-refractivity contribution in [3.63, 3.8) is 0 Å². The smallest absolute Gasteiger partial charge is 0.255 e. The lowest BCUT2D eigenvalue weighted by Crippen LogP contribution is -2.36. The molecule has 6 nitrogen and oxygen atoms in total. The summed E-state index contributed by atoms with van der Waals surface area (Å²) in [6.45, 7) is 0.766. The zero-order valence-corrected chi connectivity index (χ0v) is 17.1. The summed E-state index contributed by atoms with van der Waals surface area (Å²) in [6.07, 6.45) is 19.6. The topological polar surface area (TPSA) is 64.7 Å². The van der Waals surface area contributed by atoms with Gasteiger partial charge in [0.15, 0.2) is 0 Å². The van der Waals surface area contributed by atoms with Crippen molar-refractivity contribution in [2.75, 3.05) is 0 Å². The van der Waals surface area contributed by atoms with Crippen molar-refractivity contribution in [2.24, 2.45) is 0 Å². The number of carbonyl (C=O) groups is 1. The summed E-state index contributed by atoms with van der Waals surface area (Å²) < 4.78 is 4.09. The van der Waals surface area contributed by atoms with Gasteiger partial charge in [-0.05, 0) is 50.0 Å². The number of nitrogens with zero attached hydrogens (tertiary/aromatic N) is 4. The van der Waals surface area contributed by atoms with Crippen LogP contribution in [-0.2, 0) is 6.54 Å². The number of allylic oxidation sites excluding steroid dienone is 4. The van der Waals surface area contributed by atoms with Crippen molar-refractivity contribution < 1.29 is 4.79 Å². The van der Waals surface area contributed by atoms with E-state index in [4.69, 9.17) is 0 Å². The fourth-order valence-corrected chi connectivity index (χ4v) is 4.58. The Morgan fingerprint density at radius 2 is 2.00 bits per heavy atom. The maximum atomic E-state index is 13.0. The third kappa shape index (κ3) is 3.82. The minimum Gasteiger partial charge on any atom is -0.349 e. The third-order valence-corrected chi connectivity index (χ3v) is 6.21. The number of carbonyl (C=O) groups excluding carboxylic acids is 1. The van der Waals surface area contributed by atoms with Gasteiger partial charge in [0.05, 0.1) is 11.1 Å². The second kappa shape index (κ2) is 8.30. The van der Waals surface area contributed by atoms with E-state index >= 15 is 0 Å². The molecule has 3 aromatic rings. The third-order valence-electron chi connectivity index (χ3n) is 6.21. The standard InChI is InChI=1S/C24H27N5O/c30-24(27-19-6-2-1-3-7-19)21-17-28(22-8-4-13-25-23(21)22)16-18-9-11-20(12-10-18)29-15-5-14-26-29/h4-5,8-9,11,13-15,17,19H,1-3,6-7,10,12,16H2,(H,27,30). The molecule has 0 aliphatic heterocycles. The molecule has 6 heteroatoms. The van der Waals surface area contributed by atoms with Crippen LogP contribution < -0.4 is 5.32 Å². The van der Waals surface area contributed by atoms with E-state index in [0.29, 0.717) is 11.6 Å². The molecule has 5 rings (SSSR count). The van der Waals surface area contributed by atoms with Crippen molar-refractivity contribution in [1.82, 2.24) is 24.6 Å². The maximum Gasteiger partial charge on any atom is 0.255 e. The predicted molar refractivity (Wildman–Crippen MR) is 118 cm³/mol. The van der Waals surface area contributed by atoms with Crippen molar-refractivity contribution in [1.29, 1.82) is 0 Å². The van der Waals surface area contributed by atoms with Crippen LogP contribution in [0.2, 0.25) is 0 Å². The van der Waals surface area contributed by atoms with E-state index in [-0.39, 0.29) is 5.91 Å². The van der Waals surface area contributed by atoms with Gasteiger partial charge < -0.3 is 9.88 Å². The SMILES string of the molecule is O=C(NC1CCCCC1)c1cn(CC2=CC=C(n3cccn3)CC2)c2cccnc12. The van der Waals surface area contributed by atoms with E-state index in [2.05, 4.69) is 32.1 Å². The van der Waals surface area contributed by atoms with E-state index in [1.165, 1.54) is 30.5 Å². The maximum absolute atomic E-state index is 13.0. The first-order valence-electron chi connectivity index (χ1n) is 10.9. The van der Waals surface area contributed by atoms with Crippen LogP contribution in [0.5, 0.6) is 0 Å². The Morgan fingerprint density at radius 3 is 2.77 bits per heavy atom. The molecule has 1 amide bonds. The molecule has 2 aliphatic rings. The van der Waals surface area contributed by atoms with E-state index in [1.54, 1.807) is 12.4 Å². The fourth-order valence-electron chi connectivity index (χ4n) is 4.58. The van der Waals surface area contributed by atoms with Crippen LogP contribution in [0.3, 0.4) is 0 Å². The first kappa shape index (κ1) is 18.9. The number of nitrogens with one attached hydrogen (secondary N) is 1. The molecule has 3 heterocycles. The molecule has 0 spiro atoms. The molecule has 0 saturated heterocycles. The number of hydrogen-bond acceptors (Lipinski definition) is 3. The first-order valence-corrected chi connectivity index (χ1v) is 10.9. The number of amides is 1. The molecule has 0 unspecified atom stereocenters. The Labute approximate surface area is 176 Å². The lowest BCUT2D eigenvalue weighted by atomic mass is 9.95. The average molecular weight is 402 g/mol. The van der Waals surface area contributed by atoms with Crippen molar-refractivity contribution in [2.45, 2.75) is 57.5 Å². The molecular formula is C24H27N5O. The van der Waals surface area contributed by atoms with Gasteiger partial charge in [-0.2, -0.15) is 5.10 Å². The highest BCUT2D eigenvalue weighted by Crippen LogP contribution is 2.26. The Morgan fingerprint density at radius 1 is 1.10 bits per heavy atom. The minimum absolute atomic E-state index is 0.00263. The first-order chi connectivity index (χ1) is 14.8. The number of pyridine rings is 1. The number of aromatic nitrogens is 4. The Hall–Kier alpha value is -3.15. The molecule has 1 N–H and O–H groups in total. The molecule has 0 radical (unpaired) electrons. The van der Waals surface area contributed by atoms with Gasteiger partial charge in [-0.3, -0.25) is 9.78 Å². The van der Waals surface area contributed by atoms with Gasteiger partial charge in [-0.25, -0.2) is 4.68 Å². The Kier molecular flexibility index (Phi) is 5.22. The highest BCUT2D eigenvalue weighted by molar-refractivity contribution is 6.05. The van der Waals surface area contributed by atoms with Crippen LogP contribution in [0.1, 0.15) is 55.3 Å². The highest BCUT2D eigenvalue weighted by Gasteiger charge is 2.21. The van der Waals surface area contributed by atoms with Crippen LogP contribution in [0, 0.1) is 0 Å². The lowest BCUT2D eigenvalue weighted by Gasteiger charge is -2.22. The van der Waals surface area contributed by atoms with Gasteiger partial charge in [-0.15, -0.1) is 0 Å². The molecule has 1 saturated carbocycles. The monoisotopic (exact) mass is 401 g/mol. The van der Waals surface area contributed by atoms with E-state index in [0.717, 1.165) is 43.3 Å². The molecule has 2 aliphatic carbocycles. The summed E-state index contributed by atoms with van der Waals surface area (Å²) in [7, 11) is 0. The van der Waals surface area contributed by atoms with Crippen LogP contribution in [0.25, 0.3) is 16.7 Å². The molecule has 3 aromatic heterocycles. The van der Waals surface area contributed by atoms with Gasteiger partial charge in [-0.1, -0.05) is 30.9 Å². The van der Waals surface area contributed by atoms with Gasteiger partial charge in [0.25, 0.3) is 5.91 Å². The summed E-state index contributed by atoms with van der Waals surface area (Å²) in [5.41, 5.74) is 5.02. The lowest BCUT2D eigenvalue weighted by molar-refractivity contribution is 0.0929. The van der Waals surface area contributed by atoms with Crippen molar-refractivity contribution in [3.8, 4) is 0 Å². The molecule has 0 bridgehead atoms. The fraction of sp³-hybridized carbons (Fsp3) is 0.375. The van der Waals surface area contributed by atoms with Crippen molar-refractivity contribution in [3.05, 3.63) is 66.3 Å². The van der Waals surface area contributed by atoms with E-state index in [9.17, 15) is 4.79 Å². The van der Waals surface area contributed by atoms with Gasteiger partial charge >= 0.3 is 0 Å². The molecule has 1 fully saturated rings. The minimum atomic E-state index is 0.00263. The summed E-state index contributed by atoms with van der Waals surface area (Å²) in [4.78, 5) is 17.5. The molecule has 0 atom stereocenters. The quantitative estimate of drug-likeness (QED) is 0.682. The number of rotatable bonds is 5. The van der Waals surface area contributed by atoms with Crippen LogP contribution in [-0.4, -0.2) is 31.3 Å². The Balaban J connectivity index is 1.38. The van der Waals surface area contributed by atoms with E-state index in [1.807, 2.05) is 35.3 Å². The Bertz CT molecular complexity index is 1100. The summed E-state index contributed by atoms with van der Waals surface area (Å²) in [5.74, 6) is 0.00263. The zero-order chi connectivity index (χ0) is 20.3. The second-order valence-electron chi connectivity index (χ2n) is 8.28. The molecular weight excluding hydrogens is 374 g/mol. The van der Waals surface area contributed by atoms with Gasteiger partial charge in [0, 0.05) is 43.1 Å². The van der Waals surface area contributed by atoms with Crippen molar-refractivity contribution >= 4 is 22.6 Å². The van der Waals surface area contributed by atoms with E-state index < -0.39 is 0 Å². The summed E-state index contributed by atoms with van der Waals surface area (Å²) in [5, 5.41) is 7.56. The second-order valence-corrected chi connectivity index (χ2v) is 8.28. The molecule has 0 aromatic carbocycles. The van der Waals surface area contributed by atoms with Crippen LogP contribution in [0.15, 0.2) is 60.7 Å². The summed E-state index contributed by atoms with van der Waals surface area (Å²) in [6, 6.07) is 6.22. The predicted octanol–water partition coefficient (Wildman–Crippen LogP) is 4.56. The van der Waals surface area contributed by atoms with Crippen LogP contribution >= 0.6 is 0 Å². The largest absolute Gasteiger partial charge is 0.349 e. The van der Waals surface area contributed by atoms with Gasteiger partial charge in [0.1, 0.15) is 5.52 Å². The summed E-state index contributed by atoms with van der Waals surface area (Å²) >= 11 is 0. The average Bonchev–Trinajstić information content (AvgIpc) is 3.44. The zero-order valence-electron chi connectivity index (χ0n) is 17.1. The molecule has 30 heavy (non-hydrogen) atoms. The number of fused-ring (bicyclic) bond motifs is 1. The van der Waals surface area contributed by atoms with Gasteiger partial charge in [0.2, 0.25) is 0 Å². The molecule has 154 valence electrons. The highest BCUT2D eigenvalue weighted by atomic mass is 16.1.